The third-order valence-electron chi connectivity index (χ3n) is 15.1. The molecule has 0 aliphatic rings. The summed E-state index contributed by atoms with van der Waals surface area (Å²) in [5.41, 5.74) is 0. The summed E-state index contributed by atoms with van der Waals surface area (Å²) < 4.78 is 5.49. The molecule has 0 aromatic rings. The molecule has 3 N–H and O–H groups in total. The Bertz CT molecular complexity index is 1240. The van der Waals surface area contributed by atoms with Crippen LogP contribution in [0.15, 0.2) is 48.6 Å². The highest BCUT2D eigenvalue weighted by Gasteiger charge is 2.20. The van der Waals surface area contributed by atoms with Crippen LogP contribution in [0.3, 0.4) is 0 Å². The molecule has 6 nitrogen and oxygen atoms in total. The van der Waals surface area contributed by atoms with Crippen LogP contribution in [0.5, 0.6) is 0 Å². The zero-order chi connectivity index (χ0) is 53.6. The molecule has 0 aliphatic heterocycles. The molecule has 434 valence electrons. The van der Waals surface area contributed by atoms with Crippen molar-refractivity contribution in [3.8, 4) is 0 Å². The lowest BCUT2D eigenvalue weighted by Gasteiger charge is -2.22. The van der Waals surface area contributed by atoms with Gasteiger partial charge in [-0.1, -0.05) is 294 Å². The third-order valence-corrected chi connectivity index (χ3v) is 15.1. The van der Waals surface area contributed by atoms with Gasteiger partial charge in [0.25, 0.3) is 0 Å². The van der Waals surface area contributed by atoms with Crippen molar-refractivity contribution in [1.82, 2.24) is 5.32 Å². The Labute approximate surface area is 461 Å². The molecule has 0 radical (unpaired) electrons. The molecule has 0 aliphatic carbocycles. The van der Waals surface area contributed by atoms with E-state index in [1.54, 1.807) is 0 Å². The van der Waals surface area contributed by atoms with E-state index in [0.717, 1.165) is 57.8 Å². The lowest BCUT2D eigenvalue weighted by molar-refractivity contribution is -0.143. The predicted molar refractivity (Wildman–Crippen MR) is 324 cm³/mol. The number of hydrogen-bond donors (Lipinski definition) is 3. The van der Waals surface area contributed by atoms with Gasteiger partial charge in [-0.2, -0.15) is 0 Å². The van der Waals surface area contributed by atoms with Gasteiger partial charge in [-0.3, -0.25) is 9.59 Å². The van der Waals surface area contributed by atoms with Crippen molar-refractivity contribution in [1.29, 1.82) is 0 Å². The number of allylic oxidation sites excluding steroid dienone is 8. The fraction of sp³-hybridized carbons (Fsp3) is 0.853. The molecule has 0 saturated carbocycles. The average Bonchev–Trinajstić information content (AvgIpc) is 3.40. The number of carbonyl (C=O) groups is 2. The van der Waals surface area contributed by atoms with Crippen LogP contribution in [0.2, 0.25) is 0 Å². The summed E-state index contributed by atoms with van der Waals surface area (Å²) in [4.78, 5) is 24.6. The second-order valence-electron chi connectivity index (χ2n) is 22.4. The minimum absolute atomic E-state index is 0.00276. The number of nitrogens with one attached hydrogen (secondary N) is 1. The molecule has 0 bridgehead atoms. The first-order chi connectivity index (χ1) is 36.5. The summed E-state index contributed by atoms with van der Waals surface area (Å²) in [7, 11) is 0. The molecule has 0 aromatic heterocycles. The number of amides is 1. The van der Waals surface area contributed by atoms with E-state index in [1.165, 1.54) is 257 Å². The topological polar surface area (TPSA) is 95.9 Å². The predicted octanol–water partition coefficient (Wildman–Crippen LogP) is 20.9. The SMILES string of the molecule is CCCCC/C=C\C/C=C\CCCCCCCCCC(=O)OCCCCCCCCCCC/C=C\C/C=C\CCCCCCCCCCCCCC(=O)NC(CO)C(O)CCCCCCCCCCCCCCC. The van der Waals surface area contributed by atoms with Crippen LogP contribution < -0.4 is 5.32 Å². The van der Waals surface area contributed by atoms with Gasteiger partial charge < -0.3 is 20.3 Å². The standard InChI is InChI=1S/C68H127NO5/c1-3-5-7-9-11-13-15-17-18-30-34-38-42-46-50-54-58-62-68(73)74-63-59-55-51-47-43-39-35-32-29-27-25-23-21-19-20-22-24-26-28-31-33-37-41-45-49-53-57-61-67(72)69-65(64-70)66(71)60-56-52-48-44-40-36-16-14-12-10-8-6-4-2/h11,13,17-20,23,25,65-66,70-71H,3-10,12,14-16,21-22,24,26-64H2,1-2H3,(H,69,72)/b13-11-,18-17-,20-19-,25-23-. The first kappa shape index (κ1) is 71.8. The number of aliphatic hydroxyl groups excluding tert-OH is 2. The molecule has 0 aromatic carbocycles. The van der Waals surface area contributed by atoms with E-state index in [9.17, 15) is 19.8 Å². The minimum atomic E-state index is -0.666. The van der Waals surface area contributed by atoms with Gasteiger partial charge in [0.1, 0.15) is 0 Å². The maximum Gasteiger partial charge on any atom is 0.305 e. The second-order valence-corrected chi connectivity index (χ2v) is 22.4. The van der Waals surface area contributed by atoms with Gasteiger partial charge in [0.15, 0.2) is 0 Å². The van der Waals surface area contributed by atoms with Crippen LogP contribution >= 0.6 is 0 Å². The Hall–Kier alpha value is -2.18. The quantitative estimate of drug-likeness (QED) is 0.0320. The fourth-order valence-corrected chi connectivity index (χ4v) is 10.1. The van der Waals surface area contributed by atoms with E-state index in [2.05, 4.69) is 67.8 Å². The first-order valence-electron chi connectivity index (χ1n) is 32.9. The zero-order valence-electron chi connectivity index (χ0n) is 49.6. The van der Waals surface area contributed by atoms with E-state index >= 15 is 0 Å². The van der Waals surface area contributed by atoms with Crippen LogP contribution in [0.4, 0.5) is 0 Å². The summed E-state index contributed by atoms with van der Waals surface area (Å²) >= 11 is 0. The Morgan fingerprint density at radius 2 is 0.676 bits per heavy atom. The first-order valence-corrected chi connectivity index (χ1v) is 32.9. The van der Waals surface area contributed by atoms with E-state index in [1.807, 2.05) is 0 Å². The molecule has 0 saturated heterocycles. The Balaban J connectivity index is 3.41. The number of carbonyl (C=O) groups excluding carboxylic acids is 2. The maximum absolute atomic E-state index is 12.5. The van der Waals surface area contributed by atoms with Crippen LogP contribution in [0, 0.1) is 0 Å². The molecule has 1 amide bonds. The van der Waals surface area contributed by atoms with Crippen molar-refractivity contribution < 1.29 is 24.5 Å². The maximum atomic E-state index is 12.5. The van der Waals surface area contributed by atoms with Crippen molar-refractivity contribution in [3.05, 3.63) is 48.6 Å². The van der Waals surface area contributed by atoms with Crippen LogP contribution in [0.1, 0.15) is 348 Å². The summed E-state index contributed by atoms with van der Waals surface area (Å²) in [5, 5.41) is 23.3. The number of aliphatic hydroxyl groups is 2. The third kappa shape index (κ3) is 59.1. The number of ether oxygens (including phenoxy) is 1. The fourth-order valence-electron chi connectivity index (χ4n) is 10.1. The van der Waals surface area contributed by atoms with Crippen molar-refractivity contribution >= 4 is 11.9 Å². The largest absolute Gasteiger partial charge is 0.466 e. The van der Waals surface area contributed by atoms with Crippen LogP contribution in [0.25, 0.3) is 0 Å². The van der Waals surface area contributed by atoms with E-state index in [0.29, 0.717) is 25.9 Å². The van der Waals surface area contributed by atoms with E-state index in [4.69, 9.17) is 4.74 Å². The summed E-state index contributed by atoms with van der Waals surface area (Å²) in [5.74, 6) is -0.0349. The smallest absolute Gasteiger partial charge is 0.305 e. The lowest BCUT2D eigenvalue weighted by Crippen LogP contribution is -2.45. The number of hydrogen-bond acceptors (Lipinski definition) is 5. The number of esters is 1. The van der Waals surface area contributed by atoms with E-state index in [-0.39, 0.29) is 18.5 Å². The van der Waals surface area contributed by atoms with Crippen molar-refractivity contribution in [2.75, 3.05) is 13.2 Å². The molecule has 2 atom stereocenters. The molecule has 74 heavy (non-hydrogen) atoms. The summed E-state index contributed by atoms with van der Waals surface area (Å²) in [6.45, 7) is 4.93. The Kier molecular flexibility index (Phi) is 61.5. The highest BCUT2D eigenvalue weighted by molar-refractivity contribution is 5.76. The van der Waals surface area contributed by atoms with Crippen molar-refractivity contribution in [2.24, 2.45) is 0 Å². The molecule has 6 heteroatoms. The van der Waals surface area contributed by atoms with Gasteiger partial charge in [0.2, 0.25) is 5.91 Å². The van der Waals surface area contributed by atoms with Gasteiger partial charge in [-0.25, -0.2) is 0 Å². The van der Waals surface area contributed by atoms with Gasteiger partial charge in [-0.15, -0.1) is 0 Å². The van der Waals surface area contributed by atoms with E-state index < -0.39 is 12.1 Å². The molecule has 0 spiro atoms. The van der Waals surface area contributed by atoms with Gasteiger partial charge in [0.05, 0.1) is 25.4 Å². The lowest BCUT2D eigenvalue weighted by atomic mass is 10.0. The molecule has 0 rings (SSSR count). The summed E-state index contributed by atoms with van der Waals surface area (Å²) in [6, 6.07) is -0.544. The monoisotopic (exact) mass is 1040 g/mol. The Morgan fingerprint density at radius 3 is 1.05 bits per heavy atom. The zero-order valence-corrected chi connectivity index (χ0v) is 49.6. The molecule has 0 heterocycles. The summed E-state index contributed by atoms with van der Waals surface area (Å²) in [6.07, 6.45) is 81.3. The van der Waals surface area contributed by atoms with Crippen LogP contribution in [-0.4, -0.2) is 47.4 Å². The average molecular weight is 1040 g/mol. The second kappa shape index (κ2) is 63.4. The van der Waals surface area contributed by atoms with Gasteiger partial charge >= 0.3 is 5.97 Å². The minimum Gasteiger partial charge on any atom is -0.466 e. The Morgan fingerprint density at radius 1 is 0.378 bits per heavy atom. The molecular weight excluding hydrogens is 911 g/mol. The molecule has 0 fully saturated rings. The van der Waals surface area contributed by atoms with Gasteiger partial charge in [-0.05, 0) is 89.9 Å². The number of rotatable bonds is 61. The molecule has 2 unspecified atom stereocenters. The van der Waals surface area contributed by atoms with Crippen LogP contribution in [-0.2, 0) is 14.3 Å². The van der Waals surface area contributed by atoms with Crippen molar-refractivity contribution in [2.45, 2.75) is 360 Å². The normalized spacial score (nSPS) is 12.9. The highest BCUT2D eigenvalue weighted by atomic mass is 16.5. The molecular formula is C68H127NO5. The number of unbranched alkanes of at least 4 members (excludes halogenated alkanes) is 42. The van der Waals surface area contributed by atoms with Crippen molar-refractivity contribution in [3.63, 3.8) is 0 Å². The highest BCUT2D eigenvalue weighted by Crippen LogP contribution is 2.17. The van der Waals surface area contributed by atoms with Gasteiger partial charge in [0, 0.05) is 12.8 Å².